The first kappa shape index (κ1) is 38.5. The van der Waals surface area contributed by atoms with Crippen LogP contribution in [-0.2, 0) is 25.8 Å². The maximum Gasteiger partial charge on any atom is 2.00 e. The second kappa shape index (κ2) is 21.9. The van der Waals surface area contributed by atoms with Gasteiger partial charge in [-0.15, -0.1) is 12.4 Å². The number of nitrogens with two attached hydrogens (primary N) is 1. The van der Waals surface area contributed by atoms with Crippen LogP contribution in [0.25, 0.3) is 0 Å². The van der Waals surface area contributed by atoms with Crippen molar-refractivity contribution in [1.29, 1.82) is 0 Å². The minimum absolute atomic E-state index is 0. The topological polar surface area (TPSA) is 126 Å². The summed E-state index contributed by atoms with van der Waals surface area (Å²) in [6, 6.07) is 6.74. The van der Waals surface area contributed by atoms with Crippen molar-refractivity contribution < 1.29 is 55.4 Å². The van der Waals surface area contributed by atoms with E-state index in [1.165, 1.54) is 0 Å². The van der Waals surface area contributed by atoms with Crippen molar-refractivity contribution >= 4 is 24.1 Å². The van der Waals surface area contributed by atoms with Gasteiger partial charge in [-0.25, -0.2) is 4.79 Å². The molecule has 23 heavy (non-hydrogen) atoms. The Morgan fingerprint density at radius 1 is 1.09 bits per heavy atom. The van der Waals surface area contributed by atoms with E-state index < -0.39 is 0 Å². The van der Waals surface area contributed by atoms with Crippen molar-refractivity contribution in [2.45, 2.75) is 13.8 Å². The number of carbonyl (C=O) groups is 1. The number of ether oxygens (including phenoxy) is 1. The van der Waals surface area contributed by atoms with Crippen LogP contribution < -0.4 is 42.8 Å². The Labute approximate surface area is 171 Å². The summed E-state index contributed by atoms with van der Waals surface area (Å²) >= 11 is 0. The van der Waals surface area contributed by atoms with Crippen LogP contribution in [0.1, 0.15) is 24.2 Å². The fourth-order valence-electron chi connectivity index (χ4n) is 1.51. The third-order valence-corrected chi connectivity index (χ3v) is 2.68. The molecule has 0 fully saturated rings. The Kier molecular flexibility index (Phi) is 36.7. The van der Waals surface area contributed by atoms with Crippen LogP contribution in [0.2, 0.25) is 0 Å². The van der Waals surface area contributed by atoms with E-state index in [-0.39, 0.29) is 76.6 Å². The smallest absolute Gasteiger partial charge is 1.00 e. The molecular formula is C13H27Cl3N4O2Pt. The number of hydrogen-bond donors (Lipinski definition) is 3. The largest absolute Gasteiger partial charge is 2.00 e. The predicted octanol–water partition coefficient (Wildman–Crippen LogP) is -3.48. The van der Waals surface area contributed by atoms with Gasteiger partial charge < -0.3 is 52.5 Å². The first-order valence-electron chi connectivity index (χ1n) is 5.92. The summed E-state index contributed by atoms with van der Waals surface area (Å²) in [6.45, 7) is 7.31. The first-order chi connectivity index (χ1) is 8.17. The van der Waals surface area contributed by atoms with E-state index in [1.54, 1.807) is 24.3 Å². The van der Waals surface area contributed by atoms with Crippen molar-refractivity contribution in [2.75, 3.05) is 32.0 Å². The molecule has 0 amide bonds. The van der Waals surface area contributed by atoms with Crippen LogP contribution in [0.3, 0.4) is 0 Å². The molecule has 0 radical (unpaired) electrons. The molecular weight excluding hydrogens is 546 g/mol. The Balaban J connectivity index is -0.000000120. The standard InChI is InChI=1S/C13H20N2O2.3ClH.2H3N.Pt/c1-3-15(4-2)9-10-17-13(16)11-5-7-12(14)8-6-11;;;;;;/h5-8H,3-4,9-10,14H2,1-2H3;3*1H;2*1H3;/q;;;;;;+2/p-2. The van der Waals surface area contributed by atoms with Gasteiger partial charge in [-0.1, -0.05) is 13.8 Å². The summed E-state index contributed by atoms with van der Waals surface area (Å²) < 4.78 is 5.18. The molecule has 0 unspecified atom stereocenters. The quantitative estimate of drug-likeness (QED) is 0.240. The van der Waals surface area contributed by atoms with Gasteiger partial charge in [0.25, 0.3) is 0 Å². The summed E-state index contributed by atoms with van der Waals surface area (Å²) in [5, 5.41) is 0. The number of carbonyl (C=O) groups excluding carboxylic acids is 1. The molecule has 0 saturated heterocycles. The molecule has 8 N–H and O–H groups in total. The van der Waals surface area contributed by atoms with Gasteiger partial charge in [0.1, 0.15) is 6.61 Å². The second-order valence-electron chi connectivity index (χ2n) is 3.78. The maximum atomic E-state index is 11.6. The number of benzene rings is 1. The number of rotatable bonds is 6. The van der Waals surface area contributed by atoms with E-state index in [4.69, 9.17) is 10.5 Å². The molecule has 0 heterocycles. The molecule has 6 nitrogen and oxygen atoms in total. The SMILES string of the molecule is CCN(CC)CCOC(=O)c1ccc(N)cc1.Cl.N.N.[Cl-].[Cl-].[Pt+2]. The average Bonchev–Trinajstić information content (AvgIpc) is 2.35. The fourth-order valence-corrected chi connectivity index (χ4v) is 1.51. The minimum atomic E-state index is -0.294. The zero-order valence-electron chi connectivity index (χ0n) is 13.4. The van der Waals surface area contributed by atoms with E-state index in [9.17, 15) is 4.79 Å². The normalized spacial score (nSPS) is 7.78. The molecule has 1 aromatic carbocycles. The molecule has 0 atom stereocenters. The van der Waals surface area contributed by atoms with Gasteiger partial charge in [0.2, 0.25) is 0 Å². The Morgan fingerprint density at radius 2 is 1.52 bits per heavy atom. The first-order valence-corrected chi connectivity index (χ1v) is 5.92. The molecule has 0 spiro atoms. The molecule has 0 bridgehead atoms. The van der Waals surface area contributed by atoms with Crippen LogP contribution in [0.5, 0.6) is 0 Å². The second-order valence-corrected chi connectivity index (χ2v) is 3.78. The fraction of sp³-hybridized carbons (Fsp3) is 0.462. The van der Waals surface area contributed by atoms with E-state index in [1.807, 2.05) is 0 Å². The number of anilines is 1. The van der Waals surface area contributed by atoms with E-state index in [0.717, 1.165) is 19.6 Å². The Morgan fingerprint density at radius 3 is 1.91 bits per heavy atom. The summed E-state index contributed by atoms with van der Waals surface area (Å²) in [7, 11) is 0. The van der Waals surface area contributed by atoms with Gasteiger partial charge >= 0.3 is 27.0 Å². The van der Waals surface area contributed by atoms with E-state index in [2.05, 4.69) is 18.7 Å². The summed E-state index contributed by atoms with van der Waals surface area (Å²) in [5.74, 6) is -0.294. The Hall–Kier alpha value is -0.0717. The van der Waals surface area contributed by atoms with Gasteiger partial charge in [-0.3, -0.25) is 0 Å². The number of halogens is 3. The number of nitrogens with zero attached hydrogens (tertiary/aromatic N) is 1. The molecule has 0 aliphatic carbocycles. The van der Waals surface area contributed by atoms with Crippen LogP contribution >= 0.6 is 12.4 Å². The summed E-state index contributed by atoms with van der Waals surface area (Å²) in [6.07, 6.45) is 0. The van der Waals surface area contributed by atoms with Crippen molar-refractivity contribution in [3.8, 4) is 0 Å². The molecule has 10 heteroatoms. The van der Waals surface area contributed by atoms with Gasteiger partial charge in [0.05, 0.1) is 5.56 Å². The van der Waals surface area contributed by atoms with Gasteiger partial charge in [-0.05, 0) is 37.4 Å². The van der Waals surface area contributed by atoms with Crippen molar-refractivity contribution in [3.05, 3.63) is 29.8 Å². The Bertz CT molecular complexity index is 369. The van der Waals surface area contributed by atoms with Crippen LogP contribution in [0.4, 0.5) is 5.69 Å². The monoisotopic (exact) mass is 571 g/mol. The van der Waals surface area contributed by atoms with Crippen LogP contribution in [-0.4, -0.2) is 37.1 Å². The molecule has 0 saturated carbocycles. The zero-order valence-corrected chi connectivity index (χ0v) is 18.0. The van der Waals surface area contributed by atoms with Crippen molar-refractivity contribution in [2.24, 2.45) is 0 Å². The number of likely N-dealkylation sites (N-methyl/N-ethyl adjacent to an activating group) is 1. The third-order valence-electron chi connectivity index (χ3n) is 2.68. The maximum absolute atomic E-state index is 11.6. The molecule has 0 aliphatic heterocycles. The van der Waals surface area contributed by atoms with Crippen molar-refractivity contribution in [1.82, 2.24) is 17.2 Å². The molecule has 1 aromatic rings. The van der Waals surface area contributed by atoms with Crippen LogP contribution in [0, 0.1) is 0 Å². The zero-order chi connectivity index (χ0) is 12.7. The number of hydrogen-bond acceptors (Lipinski definition) is 6. The summed E-state index contributed by atoms with van der Waals surface area (Å²) in [5.41, 5.74) is 6.73. The number of esters is 1. The van der Waals surface area contributed by atoms with Gasteiger partial charge in [0, 0.05) is 12.2 Å². The summed E-state index contributed by atoms with van der Waals surface area (Å²) in [4.78, 5) is 13.8. The molecule has 0 aromatic heterocycles. The number of nitrogen functional groups attached to an aromatic ring is 1. The van der Waals surface area contributed by atoms with E-state index >= 15 is 0 Å². The predicted molar refractivity (Wildman–Crippen MR) is 86.2 cm³/mol. The van der Waals surface area contributed by atoms with Gasteiger partial charge in [-0.2, -0.15) is 0 Å². The minimum Gasteiger partial charge on any atom is -1.00 e. The van der Waals surface area contributed by atoms with E-state index in [0.29, 0.717) is 17.9 Å². The molecule has 1 rings (SSSR count). The van der Waals surface area contributed by atoms with Crippen molar-refractivity contribution in [3.63, 3.8) is 0 Å². The van der Waals surface area contributed by atoms with Gasteiger partial charge in [0.15, 0.2) is 0 Å². The molecule has 142 valence electrons. The average molecular weight is 573 g/mol. The third kappa shape index (κ3) is 15.2. The molecule has 0 aliphatic rings. The van der Waals surface area contributed by atoms with Crippen LogP contribution in [0.15, 0.2) is 24.3 Å².